The number of fused-ring (bicyclic) bond motifs is 3. The normalized spacial score (nSPS) is 18.1. The summed E-state index contributed by atoms with van der Waals surface area (Å²) in [5, 5.41) is 5.05. The van der Waals surface area contributed by atoms with E-state index in [0.29, 0.717) is 17.0 Å². The topological polar surface area (TPSA) is 50.2 Å². The summed E-state index contributed by atoms with van der Waals surface area (Å²) < 4.78 is 1.75. The zero-order chi connectivity index (χ0) is 20.0. The van der Waals surface area contributed by atoms with Crippen molar-refractivity contribution < 1.29 is 0 Å². The van der Waals surface area contributed by atoms with Gasteiger partial charge in [-0.2, -0.15) is 0 Å². The van der Waals surface area contributed by atoms with Crippen LogP contribution in [0.15, 0.2) is 29.1 Å². The first-order valence-corrected chi connectivity index (χ1v) is 11.6. The van der Waals surface area contributed by atoms with E-state index in [0.717, 1.165) is 48.3 Å². The van der Waals surface area contributed by atoms with Crippen LogP contribution < -0.4 is 10.9 Å². The van der Waals surface area contributed by atoms with Crippen molar-refractivity contribution in [2.45, 2.75) is 51.1 Å². The van der Waals surface area contributed by atoms with Crippen molar-refractivity contribution in [1.82, 2.24) is 14.5 Å². The smallest absolute Gasteiger partial charge is 0.268 e. The maximum atomic E-state index is 13.7. The quantitative estimate of drug-likeness (QED) is 0.648. The van der Waals surface area contributed by atoms with E-state index in [2.05, 4.69) is 17.3 Å². The Bertz CT molecular complexity index is 1100. The highest BCUT2D eigenvalue weighted by Crippen LogP contribution is 2.34. The van der Waals surface area contributed by atoms with E-state index in [1.165, 1.54) is 29.7 Å². The van der Waals surface area contributed by atoms with Crippen LogP contribution >= 0.6 is 22.9 Å². The number of benzene rings is 1. The molecule has 0 unspecified atom stereocenters. The molecule has 2 aromatic heterocycles. The van der Waals surface area contributed by atoms with Gasteiger partial charge in [-0.1, -0.05) is 30.9 Å². The Morgan fingerprint density at radius 1 is 1.17 bits per heavy atom. The molecule has 0 saturated heterocycles. The molecular weight excluding hydrogens is 404 g/mol. The summed E-state index contributed by atoms with van der Waals surface area (Å²) in [7, 11) is 2.13. The second-order valence-corrected chi connectivity index (χ2v) is 9.72. The maximum absolute atomic E-state index is 13.7. The van der Waals surface area contributed by atoms with Gasteiger partial charge in [0, 0.05) is 29.0 Å². The fourth-order valence-electron chi connectivity index (χ4n) is 4.53. The molecule has 0 bridgehead atoms. The predicted octanol–water partition coefficient (Wildman–Crippen LogP) is 4.83. The van der Waals surface area contributed by atoms with E-state index < -0.39 is 0 Å². The molecule has 1 N–H and O–H groups in total. The summed E-state index contributed by atoms with van der Waals surface area (Å²) in [4.78, 5) is 23.1. The third kappa shape index (κ3) is 3.58. The fourth-order valence-corrected chi connectivity index (χ4v) is 5.94. The fraction of sp³-hybridized carbons (Fsp3) is 0.455. The average molecular weight is 429 g/mol. The summed E-state index contributed by atoms with van der Waals surface area (Å²) in [6.07, 6.45) is 6.90. The van der Waals surface area contributed by atoms with Crippen molar-refractivity contribution in [1.29, 1.82) is 0 Å². The minimum Gasteiger partial charge on any atom is -0.352 e. The molecule has 5 rings (SSSR count). The molecule has 0 amide bonds. The number of aromatic nitrogens is 2. The van der Waals surface area contributed by atoms with E-state index in [9.17, 15) is 4.79 Å². The van der Waals surface area contributed by atoms with Gasteiger partial charge in [-0.25, -0.2) is 9.55 Å². The predicted molar refractivity (Wildman–Crippen MR) is 121 cm³/mol. The number of anilines is 1. The molecule has 0 radical (unpaired) electrons. The summed E-state index contributed by atoms with van der Waals surface area (Å²) in [5.74, 6) is 0.656. The molecule has 5 nitrogen and oxygen atoms in total. The second-order valence-electron chi connectivity index (χ2n) is 8.20. The molecule has 1 aliphatic carbocycles. The maximum Gasteiger partial charge on any atom is 0.268 e. The Hall–Kier alpha value is -1.89. The summed E-state index contributed by atoms with van der Waals surface area (Å²) >= 11 is 7.77. The third-order valence-corrected chi connectivity index (χ3v) is 7.45. The lowest BCUT2D eigenvalue weighted by atomic mass is 9.96. The number of thiophene rings is 1. The van der Waals surface area contributed by atoms with Crippen molar-refractivity contribution >= 4 is 39.1 Å². The standard InChI is InChI=1S/C22H25ClN4OS/c1-26-12-11-17-18(13-26)29-20-19(17)21(28)27(16-9-7-14(23)8-10-16)22(25-20)24-15-5-3-2-4-6-15/h7-10,15H,2-6,11-13H2,1H3,(H,24,25). The van der Waals surface area contributed by atoms with E-state index in [1.807, 2.05) is 24.3 Å². The molecule has 1 fully saturated rings. The first kappa shape index (κ1) is 19.1. The lowest BCUT2D eigenvalue weighted by Gasteiger charge is -2.25. The van der Waals surface area contributed by atoms with E-state index in [1.54, 1.807) is 15.9 Å². The SMILES string of the molecule is CN1CCc2c(sc3nc(NC4CCCCC4)n(-c4ccc(Cl)cc4)c(=O)c23)C1. The molecule has 1 aliphatic heterocycles. The van der Waals surface area contributed by atoms with Crippen LogP contribution in [0.2, 0.25) is 5.02 Å². The number of nitrogens with one attached hydrogen (secondary N) is 1. The van der Waals surface area contributed by atoms with Crippen LogP contribution in [0.4, 0.5) is 5.95 Å². The van der Waals surface area contributed by atoms with Crippen LogP contribution in [0.3, 0.4) is 0 Å². The van der Waals surface area contributed by atoms with Gasteiger partial charge in [0.05, 0.1) is 11.1 Å². The monoisotopic (exact) mass is 428 g/mol. The zero-order valence-corrected chi connectivity index (χ0v) is 18.2. The van der Waals surface area contributed by atoms with Crippen molar-refractivity contribution in [2.75, 3.05) is 18.9 Å². The number of hydrogen-bond acceptors (Lipinski definition) is 5. The molecule has 3 heterocycles. The van der Waals surface area contributed by atoms with Crippen molar-refractivity contribution in [3.05, 3.63) is 50.1 Å². The number of rotatable bonds is 3. The Labute approximate surface area is 179 Å². The molecule has 152 valence electrons. The Balaban J connectivity index is 1.69. The molecule has 2 aliphatic rings. The van der Waals surface area contributed by atoms with Gasteiger partial charge in [0.2, 0.25) is 5.95 Å². The first-order valence-electron chi connectivity index (χ1n) is 10.4. The van der Waals surface area contributed by atoms with E-state index in [4.69, 9.17) is 16.6 Å². The largest absolute Gasteiger partial charge is 0.352 e. The van der Waals surface area contributed by atoms with Crippen LogP contribution in [0, 0.1) is 0 Å². The minimum atomic E-state index is 0.0256. The van der Waals surface area contributed by atoms with Crippen molar-refractivity contribution in [3.63, 3.8) is 0 Å². The highest BCUT2D eigenvalue weighted by molar-refractivity contribution is 7.18. The summed E-state index contributed by atoms with van der Waals surface area (Å²) in [5.41, 5.74) is 2.02. The summed E-state index contributed by atoms with van der Waals surface area (Å²) in [6, 6.07) is 7.82. The Kier molecular flexibility index (Phi) is 5.10. The molecule has 0 atom stereocenters. The molecule has 1 aromatic carbocycles. The Morgan fingerprint density at radius 2 is 1.93 bits per heavy atom. The zero-order valence-electron chi connectivity index (χ0n) is 16.6. The van der Waals surface area contributed by atoms with Crippen LogP contribution in [-0.4, -0.2) is 34.1 Å². The highest BCUT2D eigenvalue weighted by atomic mass is 35.5. The molecule has 1 saturated carbocycles. The lowest BCUT2D eigenvalue weighted by Crippen LogP contribution is -2.30. The van der Waals surface area contributed by atoms with Gasteiger partial charge in [0.15, 0.2) is 0 Å². The Morgan fingerprint density at radius 3 is 2.69 bits per heavy atom. The van der Waals surface area contributed by atoms with Gasteiger partial charge in [0.25, 0.3) is 5.56 Å². The van der Waals surface area contributed by atoms with Gasteiger partial charge in [-0.3, -0.25) is 4.79 Å². The summed E-state index contributed by atoms with van der Waals surface area (Å²) in [6.45, 7) is 1.86. The molecule has 0 spiro atoms. The van der Waals surface area contributed by atoms with Gasteiger partial charge >= 0.3 is 0 Å². The van der Waals surface area contributed by atoms with Gasteiger partial charge < -0.3 is 10.2 Å². The second kappa shape index (κ2) is 7.74. The molecule has 7 heteroatoms. The number of hydrogen-bond donors (Lipinski definition) is 1. The molecule has 3 aromatic rings. The van der Waals surface area contributed by atoms with Gasteiger partial charge in [-0.05, 0) is 56.1 Å². The van der Waals surface area contributed by atoms with Gasteiger partial charge in [-0.15, -0.1) is 11.3 Å². The number of halogens is 1. The van der Waals surface area contributed by atoms with E-state index >= 15 is 0 Å². The minimum absolute atomic E-state index is 0.0256. The van der Waals surface area contributed by atoms with Crippen LogP contribution in [-0.2, 0) is 13.0 Å². The van der Waals surface area contributed by atoms with Crippen LogP contribution in [0.1, 0.15) is 42.5 Å². The van der Waals surface area contributed by atoms with Crippen molar-refractivity contribution in [3.8, 4) is 5.69 Å². The molecular formula is C22H25ClN4OS. The first-order chi connectivity index (χ1) is 14.1. The highest BCUT2D eigenvalue weighted by Gasteiger charge is 2.25. The van der Waals surface area contributed by atoms with Crippen molar-refractivity contribution in [2.24, 2.45) is 0 Å². The van der Waals surface area contributed by atoms with Crippen LogP contribution in [0.25, 0.3) is 15.9 Å². The van der Waals surface area contributed by atoms with Gasteiger partial charge in [0.1, 0.15) is 4.83 Å². The number of nitrogens with zero attached hydrogens (tertiary/aromatic N) is 3. The average Bonchev–Trinajstić information content (AvgIpc) is 3.07. The van der Waals surface area contributed by atoms with Crippen LogP contribution in [0.5, 0.6) is 0 Å². The number of likely N-dealkylation sites (N-methyl/N-ethyl adjacent to an activating group) is 1. The lowest BCUT2D eigenvalue weighted by molar-refractivity contribution is 0.318. The third-order valence-electron chi connectivity index (χ3n) is 6.09. The van der Waals surface area contributed by atoms with E-state index in [-0.39, 0.29) is 5.56 Å². The molecule has 29 heavy (non-hydrogen) atoms.